The fourth-order valence-corrected chi connectivity index (χ4v) is 1.88. The van der Waals surface area contributed by atoms with Gasteiger partial charge in [0.25, 0.3) is 5.91 Å². The molecule has 0 saturated heterocycles. The van der Waals surface area contributed by atoms with E-state index >= 15 is 0 Å². The van der Waals surface area contributed by atoms with Gasteiger partial charge < -0.3 is 5.32 Å². The average Bonchev–Trinajstić information content (AvgIpc) is 2.47. The highest BCUT2D eigenvalue weighted by atomic mass is 16.2. The largest absolute Gasteiger partial charge is 0.348 e. The zero-order valence-corrected chi connectivity index (χ0v) is 11.1. The lowest BCUT2D eigenvalue weighted by atomic mass is 10.2. The van der Waals surface area contributed by atoms with Crippen molar-refractivity contribution in [3.05, 3.63) is 58.3 Å². The zero-order valence-electron chi connectivity index (χ0n) is 11.1. The Morgan fingerprint density at radius 2 is 1.95 bits per heavy atom. The first-order chi connectivity index (χ1) is 10.1. The van der Waals surface area contributed by atoms with Crippen molar-refractivity contribution < 1.29 is 4.79 Å². The number of nitrogens with one attached hydrogen (secondary N) is 2. The summed E-state index contributed by atoms with van der Waals surface area (Å²) in [5, 5.41) is 2.59. The molecule has 0 radical (unpaired) electrons. The third-order valence-corrected chi connectivity index (χ3v) is 2.82. The van der Waals surface area contributed by atoms with Gasteiger partial charge in [0.2, 0.25) is 0 Å². The molecule has 0 spiro atoms. The number of aromatic nitrogens is 4. The molecule has 0 saturated carbocycles. The monoisotopic (exact) mass is 281 g/mol. The number of hydrogen-bond acceptors (Lipinski definition) is 5. The van der Waals surface area contributed by atoms with E-state index < -0.39 is 5.69 Å². The van der Waals surface area contributed by atoms with Gasteiger partial charge in [-0.15, -0.1) is 0 Å². The molecule has 1 amide bonds. The average molecular weight is 281 g/mol. The third kappa shape index (κ3) is 2.62. The number of fused-ring (bicyclic) bond motifs is 1. The van der Waals surface area contributed by atoms with Crippen LogP contribution < -0.4 is 11.0 Å². The van der Waals surface area contributed by atoms with E-state index in [4.69, 9.17) is 0 Å². The smallest absolute Gasteiger partial charge is 0.304 e. The van der Waals surface area contributed by atoms with Gasteiger partial charge in [-0.3, -0.25) is 9.78 Å². The molecule has 3 aromatic rings. The maximum absolute atomic E-state index is 12.1. The molecule has 2 heterocycles. The van der Waals surface area contributed by atoms with Crippen LogP contribution in [0.3, 0.4) is 0 Å². The number of benzene rings is 1. The van der Waals surface area contributed by atoms with Gasteiger partial charge in [0.05, 0.1) is 5.69 Å². The molecule has 0 aliphatic heterocycles. The van der Waals surface area contributed by atoms with Crippen LogP contribution in [0, 0.1) is 6.92 Å². The number of aromatic amines is 1. The Bertz CT molecular complexity index is 873. The topological polar surface area (TPSA) is 101 Å². The van der Waals surface area contributed by atoms with Gasteiger partial charge in [0.15, 0.2) is 11.5 Å². The summed E-state index contributed by atoms with van der Waals surface area (Å²) in [4.78, 5) is 38.2. The van der Waals surface area contributed by atoms with E-state index in [1.54, 1.807) is 37.4 Å². The fourth-order valence-electron chi connectivity index (χ4n) is 1.88. The first-order valence-electron chi connectivity index (χ1n) is 6.23. The Morgan fingerprint density at radius 3 is 2.71 bits per heavy atom. The normalized spacial score (nSPS) is 10.5. The molecule has 0 atom stereocenters. The minimum atomic E-state index is -0.592. The number of hydrogen-bond donors (Lipinski definition) is 2. The van der Waals surface area contributed by atoms with Crippen LogP contribution in [0.2, 0.25) is 0 Å². The standard InChI is InChI=1S/C14H11N5O2/c1-8-7-15-10-11(16-8)18-14(21)19-12(10)17-13(20)9-5-3-2-4-6-9/h2-7H,1H3,(H2,16,17,18,19,20,21). The molecule has 2 aromatic heterocycles. The van der Waals surface area contributed by atoms with Gasteiger partial charge in [-0.2, -0.15) is 4.98 Å². The van der Waals surface area contributed by atoms with Crippen molar-refractivity contribution in [3.8, 4) is 0 Å². The maximum atomic E-state index is 12.1. The summed E-state index contributed by atoms with van der Waals surface area (Å²) in [6.45, 7) is 1.76. The summed E-state index contributed by atoms with van der Waals surface area (Å²) >= 11 is 0. The Kier molecular flexibility index (Phi) is 3.15. The summed E-state index contributed by atoms with van der Waals surface area (Å²) in [7, 11) is 0. The number of carbonyl (C=O) groups is 1. The lowest BCUT2D eigenvalue weighted by molar-refractivity contribution is 0.102. The van der Waals surface area contributed by atoms with E-state index in [2.05, 4.69) is 25.3 Å². The van der Waals surface area contributed by atoms with Crippen LogP contribution in [0.1, 0.15) is 16.1 Å². The maximum Gasteiger partial charge on any atom is 0.348 e. The number of carbonyl (C=O) groups excluding carboxylic acids is 1. The molecule has 1 aromatic carbocycles. The van der Waals surface area contributed by atoms with Crippen LogP contribution in [-0.2, 0) is 0 Å². The van der Waals surface area contributed by atoms with Crippen molar-refractivity contribution in [1.82, 2.24) is 19.9 Å². The second kappa shape index (κ2) is 5.12. The van der Waals surface area contributed by atoms with E-state index in [0.29, 0.717) is 22.4 Å². The van der Waals surface area contributed by atoms with Crippen LogP contribution in [-0.4, -0.2) is 25.8 Å². The number of nitrogens with zero attached hydrogens (tertiary/aromatic N) is 3. The Morgan fingerprint density at radius 1 is 1.19 bits per heavy atom. The van der Waals surface area contributed by atoms with Crippen molar-refractivity contribution in [2.24, 2.45) is 0 Å². The fraction of sp³-hybridized carbons (Fsp3) is 0.0714. The quantitative estimate of drug-likeness (QED) is 0.736. The van der Waals surface area contributed by atoms with Crippen LogP contribution >= 0.6 is 0 Å². The third-order valence-electron chi connectivity index (χ3n) is 2.82. The highest BCUT2D eigenvalue weighted by molar-refractivity contribution is 6.06. The Balaban J connectivity index is 2.05. The van der Waals surface area contributed by atoms with E-state index in [1.807, 2.05) is 6.07 Å². The molecule has 0 bridgehead atoms. The summed E-state index contributed by atoms with van der Waals surface area (Å²) in [5.41, 5.74) is 1.16. The van der Waals surface area contributed by atoms with Gasteiger partial charge >= 0.3 is 5.69 Å². The molecule has 3 rings (SSSR count). The van der Waals surface area contributed by atoms with Crippen molar-refractivity contribution >= 4 is 22.9 Å². The molecule has 0 unspecified atom stereocenters. The first kappa shape index (κ1) is 12.9. The number of anilines is 1. The van der Waals surface area contributed by atoms with Crippen LogP contribution in [0.4, 0.5) is 5.82 Å². The van der Waals surface area contributed by atoms with Crippen molar-refractivity contribution in [2.75, 3.05) is 5.32 Å². The van der Waals surface area contributed by atoms with Gasteiger partial charge in [0.1, 0.15) is 5.52 Å². The molecular weight excluding hydrogens is 270 g/mol. The molecule has 0 fully saturated rings. The van der Waals surface area contributed by atoms with Crippen molar-refractivity contribution in [2.45, 2.75) is 6.92 Å². The van der Waals surface area contributed by atoms with Gasteiger partial charge in [0, 0.05) is 11.8 Å². The predicted octanol–water partition coefficient (Wildman–Crippen LogP) is 1.27. The van der Waals surface area contributed by atoms with E-state index in [9.17, 15) is 9.59 Å². The summed E-state index contributed by atoms with van der Waals surface area (Å²) in [5.74, 6) is -0.271. The summed E-state index contributed by atoms with van der Waals surface area (Å²) < 4.78 is 0. The molecule has 104 valence electrons. The zero-order chi connectivity index (χ0) is 14.8. The molecule has 7 nitrogen and oxygen atoms in total. The van der Waals surface area contributed by atoms with Crippen LogP contribution in [0.15, 0.2) is 41.3 Å². The van der Waals surface area contributed by atoms with Crippen LogP contribution in [0.25, 0.3) is 11.2 Å². The number of aryl methyl sites for hydroxylation is 1. The molecule has 21 heavy (non-hydrogen) atoms. The molecule has 0 aliphatic rings. The number of H-pyrrole nitrogens is 1. The van der Waals surface area contributed by atoms with Gasteiger partial charge in [-0.05, 0) is 19.1 Å². The molecule has 2 N–H and O–H groups in total. The number of amides is 1. The van der Waals surface area contributed by atoms with Crippen LogP contribution in [0.5, 0.6) is 0 Å². The van der Waals surface area contributed by atoms with Crippen molar-refractivity contribution in [3.63, 3.8) is 0 Å². The van der Waals surface area contributed by atoms with Gasteiger partial charge in [-0.25, -0.2) is 14.8 Å². The lowest BCUT2D eigenvalue weighted by Gasteiger charge is -2.06. The SMILES string of the molecule is Cc1cnc2c(NC(=O)c3ccccc3)nc(=O)[nH]c2n1. The highest BCUT2D eigenvalue weighted by Gasteiger charge is 2.12. The van der Waals surface area contributed by atoms with E-state index in [0.717, 1.165) is 0 Å². The second-order valence-electron chi connectivity index (χ2n) is 4.42. The lowest BCUT2D eigenvalue weighted by Crippen LogP contribution is -2.19. The first-order valence-corrected chi connectivity index (χ1v) is 6.23. The minimum absolute atomic E-state index is 0.0927. The van der Waals surface area contributed by atoms with E-state index in [-0.39, 0.29) is 11.7 Å². The Hall–Kier alpha value is -3.09. The van der Waals surface area contributed by atoms with E-state index in [1.165, 1.54) is 0 Å². The molecular formula is C14H11N5O2. The highest BCUT2D eigenvalue weighted by Crippen LogP contribution is 2.14. The second-order valence-corrected chi connectivity index (χ2v) is 4.42. The Labute approximate surface area is 119 Å². The number of rotatable bonds is 2. The predicted molar refractivity (Wildman–Crippen MR) is 77.1 cm³/mol. The van der Waals surface area contributed by atoms with Crippen molar-refractivity contribution in [1.29, 1.82) is 0 Å². The molecule has 0 aliphatic carbocycles. The summed E-state index contributed by atoms with van der Waals surface area (Å²) in [6, 6.07) is 8.65. The summed E-state index contributed by atoms with van der Waals surface area (Å²) in [6.07, 6.45) is 1.54. The van der Waals surface area contributed by atoms with Gasteiger partial charge in [-0.1, -0.05) is 18.2 Å². The molecule has 7 heteroatoms. The minimum Gasteiger partial charge on any atom is -0.304 e.